The van der Waals surface area contributed by atoms with Gasteiger partial charge in [-0.15, -0.1) is 0 Å². The quantitative estimate of drug-likeness (QED) is 0.713. The summed E-state index contributed by atoms with van der Waals surface area (Å²) in [6.45, 7) is 0. The van der Waals surface area contributed by atoms with E-state index in [1.807, 2.05) is 0 Å². The van der Waals surface area contributed by atoms with Gasteiger partial charge in [-0.2, -0.15) is 0 Å². The van der Waals surface area contributed by atoms with Crippen molar-refractivity contribution in [2.75, 3.05) is 7.11 Å². The molecule has 1 aromatic heterocycles. The smallest absolute Gasteiger partial charge is 0.250 e. The average molecular weight is 217 g/mol. The fourth-order valence-corrected chi connectivity index (χ4v) is 1.60. The summed E-state index contributed by atoms with van der Waals surface area (Å²) < 4.78 is 6.49. The van der Waals surface area contributed by atoms with Gasteiger partial charge in [-0.1, -0.05) is 0 Å². The van der Waals surface area contributed by atoms with Crippen molar-refractivity contribution in [3.8, 4) is 5.75 Å². The van der Waals surface area contributed by atoms with Gasteiger partial charge in [0.1, 0.15) is 5.75 Å². The minimum Gasteiger partial charge on any atom is -0.497 e. The minimum absolute atomic E-state index is 0.188. The van der Waals surface area contributed by atoms with E-state index in [4.69, 9.17) is 4.74 Å². The number of methoxy groups -OCH3 is 1. The lowest BCUT2D eigenvalue weighted by molar-refractivity contribution is 0.415. The topological polar surface area (TPSA) is 48.3 Å². The SMILES string of the molecule is COc1ccc2c(c1)c(=O)ccc(=O)n2C. The monoisotopic (exact) mass is 217 g/mol. The molecule has 2 rings (SSSR count). The van der Waals surface area contributed by atoms with E-state index >= 15 is 0 Å². The van der Waals surface area contributed by atoms with Crippen molar-refractivity contribution < 1.29 is 4.74 Å². The third kappa shape index (κ3) is 1.58. The van der Waals surface area contributed by atoms with Gasteiger partial charge in [-0.3, -0.25) is 9.59 Å². The Balaban J connectivity index is 3.04. The lowest BCUT2D eigenvalue weighted by Crippen LogP contribution is -2.12. The van der Waals surface area contributed by atoms with E-state index in [2.05, 4.69) is 0 Å². The molecule has 0 bridgehead atoms. The van der Waals surface area contributed by atoms with Crippen LogP contribution in [0.3, 0.4) is 0 Å². The van der Waals surface area contributed by atoms with Crippen molar-refractivity contribution in [2.24, 2.45) is 7.05 Å². The molecule has 2 aromatic rings. The summed E-state index contributed by atoms with van der Waals surface area (Å²) in [4.78, 5) is 23.3. The fraction of sp³-hybridized carbons (Fsp3) is 0.167. The van der Waals surface area contributed by atoms with Crippen LogP contribution in [-0.4, -0.2) is 11.7 Å². The van der Waals surface area contributed by atoms with E-state index in [1.54, 1.807) is 25.2 Å². The maximum atomic E-state index is 11.7. The summed E-state index contributed by atoms with van der Waals surface area (Å²) >= 11 is 0. The predicted octanol–water partition coefficient (Wildman–Crippen LogP) is 0.907. The molecule has 0 amide bonds. The maximum absolute atomic E-state index is 11.7. The molecular weight excluding hydrogens is 206 g/mol. The zero-order chi connectivity index (χ0) is 11.7. The van der Waals surface area contributed by atoms with E-state index in [0.29, 0.717) is 16.7 Å². The van der Waals surface area contributed by atoms with Gasteiger partial charge in [0, 0.05) is 18.5 Å². The molecule has 0 saturated carbocycles. The Morgan fingerprint density at radius 1 is 1.12 bits per heavy atom. The van der Waals surface area contributed by atoms with Crippen LogP contribution in [0.5, 0.6) is 5.75 Å². The van der Waals surface area contributed by atoms with Crippen LogP contribution in [0.4, 0.5) is 0 Å². The molecule has 1 aromatic carbocycles. The van der Waals surface area contributed by atoms with Crippen molar-refractivity contribution >= 4 is 10.9 Å². The van der Waals surface area contributed by atoms with Gasteiger partial charge in [0.25, 0.3) is 5.56 Å². The van der Waals surface area contributed by atoms with Gasteiger partial charge in [-0.05, 0) is 24.3 Å². The summed E-state index contributed by atoms with van der Waals surface area (Å²) in [6, 6.07) is 7.62. The molecule has 16 heavy (non-hydrogen) atoms. The highest BCUT2D eigenvalue weighted by molar-refractivity contribution is 5.79. The van der Waals surface area contributed by atoms with Gasteiger partial charge in [-0.25, -0.2) is 0 Å². The van der Waals surface area contributed by atoms with E-state index in [9.17, 15) is 9.59 Å². The van der Waals surface area contributed by atoms with Crippen LogP contribution in [-0.2, 0) is 7.05 Å². The Kier molecular flexibility index (Phi) is 2.48. The third-order valence-corrected chi connectivity index (χ3v) is 2.54. The molecule has 0 saturated heterocycles. The van der Waals surface area contributed by atoms with Crippen molar-refractivity contribution in [1.29, 1.82) is 0 Å². The first-order valence-electron chi connectivity index (χ1n) is 4.81. The van der Waals surface area contributed by atoms with E-state index < -0.39 is 0 Å². The highest BCUT2D eigenvalue weighted by atomic mass is 16.5. The summed E-state index contributed by atoms with van der Waals surface area (Å²) in [5.74, 6) is 0.600. The summed E-state index contributed by atoms with van der Waals surface area (Å²) in [5.41, 5.74) is 0.199. The molecule has 0 unspecified atom stereocenters. The van der Waals surface area contributed by atoms with Gasteiger partial charge >= 0.3 is 0 Å². The Morgan fingerprint density at radius 3 is 2.56 bits per heavy atom. The largest absolute Gasteiger partial charge is 0.497 e. The molecule has 0 aliphatic carbocycles. The molecule has 4 nitrogen and oxygen atoms in total. The second-order valence-corrected chi connectivity index (χ2v) is 3.48. The Labute approximate surface area is 91.7 Å². The first kappa shape index (κ1) is 10.4. The van der Waals surface area contributed by atoms with Crippen LogP contribution in [0, 0.1) is 0 Å². The van der Waals surface area contributed by atoms with E-state index in [-0.39, 0.29) is 11.0 Å². The Bertz CT molecular complexity index is 658. The molecule has 0 radical (unpaired) electrons. The van der Waals surface area contributed by atoms with Crippen LogP contribution in [0.2, 0.25) is 0 Å². The van der Waals surface area contributed by atoms with Crippen LogP contribution < -0.4 is 15.7 Å². The van der Waals surface area contributed by atoms with Gasteiger partial charge in [0.15, 0.2) is 5.43 Å². The predicted molar refractivity (Wildman–Crippen MR) is 62.0 cm³/mol. The number of aromatic nitrogens is 1. The van der Waals surface area contributed by atoms with Crippen molar-refractivity contribution in [3.63, 3.8) is 0 Å². The standard InChI is InChI=1S/C12H11NO3/c1-13-10-4-3-8(16-2)7-9(10)11(14)5-6-12(13)15/h3-7H,1-2H3. The normalized spacial score (nSPS) is 10.4. The summed E-state index contributed by atoms with van der Waals surface area (Å²) in [7, 11) is 3.17. The summed E-state index contributed by atoms with van der Waals surface area (Å²) in [5, 5.41) is 0.476. The first-order chi connectivity index (χ1) is 7.63. The number of ether oxygens (including phenoxy) is 1. The van der Waals surface area contributed by atoms with Crippen molar-refractivity contribution in [1.82, 2.24) is 4.57 Å². The number of hydrogen-bond donors (Lipinski definition) is 0. The Hall–Kier alpha value is -2.10. The fourth-order valence-electron chi connectivity index (χ4n) is 1.60. The van der Waals surface area contributed by atoms with E-state index in [1.165, 1.54) is 23.8 Å². The van der Waals surface area contributed by atoms with Crippen LogP contribution in [0.15, 0.2) is 39.9 Å². The second kappa shape index (κ2) is 3.81. The molecule has 0 aliphatic heterocycles. The van der Waals surface area contributed by atoms with Gasteiger partial charge < -0.3 is 9.30 Å². The minimum atomic E-state index is -0.211. The molecule has 82 valence electrons. The number of hydrogen-bond acceptors (Lipinski definition) is 3. The van der Waals surface area contributed by atoms with Crippen LogP contribution >= 0.6 is 0 Å². The molecule has 0 N–H and O–H groups in total. The van der Waals surface area contributed by atoms with Crippen molar-refractivity contribution in [3.05, 3.63) is 50.9 Å². The molecule has 1 heterocycles. The van der Waals surface area contributed by atoms with Crippen LogP contribution in [0.1, 0.15) is 0 Å². The van der Waals surface area contributed by atoms with E-state index in [0.717, 1.165) is 0 Å². The maximum Gasteiger partial charge on any atom is 0.250 e. The number of aryl methyl sites for hydroxylation is 1. The summed E-state index contributed by atoms with van der Waals surface area (Å²) in [6.07, 6.45) is 0. The molecule has 4 heteroatoms. The second-order valence-electron chi connectivity index (χ2n) is 3.48. The molecule has 0 aliphatic rings. The number of rotatable bonds is 1. The lowest BCUT2D eigenvalue weighted by Gasteiger charge is -2.02. The zero-order valence-electron chi connectivity index (χ0n) is 9.06. The highest BCUT2D eigenvalue weighted by Crippen LogP contribution is 2.15. The first-order valence-corrected chi connectivity index (χ1v) is 4.81. The van der Waals surface area contributed by atoms with Crippen LogP contribution in [0.25, 0.3) is 10.9 Å². The Morgan fingerprint density at radius 2 is 1.88 bits per heavy atom. The number of nitrogens with zero attached hydrogens (tertiary/aromatic N) is 1. The average Bonchev–Trinajstić information content (AvgIpc) is 2.42. The highest BCUT2D eigenvalue weighted by Gasteiger charge is 2.02. The third-order valence-electron chi connectivity index (χ3n) is 2.54. The number of benzene rings is 1. The van der Waals surface area contributed by atoms with Gasteiger partial charge in [0.2, 0.25) is 0 Å². The zero-order valence-corrected chi connectivity index (χ0v) is 9.06. The molecule has 0 fully saturated rings. The van der Waals surface area contributed by atoms with Crippen molar-refractivity contribution in [2.45, 2.75) is 0 Å². The lowest BCUT2D eigenvalue weighted by atomic mass is 10.2. The molecular formula is C12H11NO3. The molecule has 0 spiro atoms. The molecule has 0 atom stereocenters. The number of fused-ring (bicyclic) bond motifs is 1. The van der Waals surface area contributed by atoms with Gasteiger partial charge in [0.05, 0.1) is 12.6 Å².